The highest BCUT2D eigenvalue weighted by atomic mass is 35.5. The average Bonchev–Trinajstić information content (AvgIpc) is 2.69. The summed E-state index contributed by atoms with van der Waals surface area (Å²) in [4.78, 5) is 24.6. The number of carbonyl (C=O) groups is 1. The maximum atomic E-state index is 12.3. The number of ketones is 1. The van der Waals surface area contributed by atoms with E-state index in [1.165, 1.54) is 12.1 Å². The van der Waals surface area contributed by atoms with Crippen molar-refractivity contribution in [1.82, 2.24) is 0 Å². The maximum absolute atomic E-state index is 12.3. The van der Waals surface area contributed by atoms with E-state index in [4.69, 9.17) is 11.6 Å². The molecular formula is C18H16ClNO2. The first-order valence-electron chi connectivity index (χ1n) is 6.97. The monoisotopic (exact) mass is 313 g/mol. The Kier molecular flexibility index (Phi) is 5.50. The molecule has 2 aromatic carbocycles. The summed E-state index contributed by atoms with van der Waals surface area (Å²) in [6.07, 6.45) is 3.06. The molecule has 0 aliphatic heterocycles. The number of carbonyl (C=O) groups excluding carboxylic acids is 1. The minimum atomic E-state index is -0.324. The number of hydrogen-bond acceptors (Lipinski definition) is 3. The lowest BCUT2D eigenvalue weighted by Crippen LogP contribution is -2.15. The third-order valence-corrected chi connectivity index (χ3v) is 3.31. The molecule has 0 fully saturated rings. The number of nitrogens with one attached hydrogen (secondary N) is 1. The van der Waals surface area contributed by atoms with Gasteiger partial charge in [-0.1, -0.05) is 41.9 Å². The van der Waals surface area contributed by atoms with Crippen molar-refractivity contribution in [3.8, 4) is 0 Å². The summed E-state index contributed by atoms with van der Waals surface area (Å²) in [5.41, 5.74) is 1.12. The van der Waals surface area contributed by atoms with Gasteiger partial charge in [0.2, 0.25) is 5.43 Å². The molecule has 3 nitrogen and oxygen atoms in total. The van der Waals surface area contributed by atoms with Crippen molar-refractivity contribution in [2.24, 2.45) is 0 Å². The lowest BCUT2D eigenvalue weighted by Gasteiger charge is -1.99. The van der Waals surface area contributed by atoms with E-state index in [0.717, 1.165) is 5.56 Å². The van der Waals surface area contributed by atoms with E-state index in [0.29, 0.717) is 17.3 Å². The topological polar surface area (TPSA) is 46.2 Å². The highest BCUT2D eigenvalue weighted by Crippen LogP contribution is 2.11. The van der Waals surface area contributed by atoms with E-state index < -0.39 is 0 Å². The zero-order valence-electron chi connectivity index (χ0n) is 12.2. The van der Waals surface area contributed by atoms with E-state index >= 15 is 0 Å². The summed E-state index contributed by atoms with van der Waals surface area (Å²) < 4.78 is 0. The fraction of sp³-hybridized carbons (Fsp3) is 0.111. The number of hydrogen-bond donors (Lipinski definition) is 1. The molecule has 0 unspecified atom stereocenters. The van der Waals surface area contributed by atoms with Gasteiger partial charge in [0, 0.05) is 11.6 Å². The third-order valence-electron chi connectivity index (χ3n) is 3.06. The van der Waals surface area contributed by atoms with Crippen molar-refractivity contribution in [1.29, 1.82) is 0 Å². The lowest BCUT2D eigenvalue weighted by atomic mass is 10.1. The van der Waals surface area contributed by atoms with Crippen LogP contribution in [0.1, 0.15) is 22.8 Å². The van der Waals surface area contributed by atoms with Gasteiger partial charge in [-0.3, -0.25) is 9.59 Å². The molecule has 1 N–H and O–H groups in total. The first-order chi connectivity index (χ1) is 10.6. The van der Waals surface area contributed by atoms with Crippen molar-refractivity contribution in [3.05, 3.63) is 81.0 Å². The second-order valence-electron chi connectivity index (χ2n) is 4.65. The molecule has 22 heavy (non-hydrogen) atoms. The van der Waals surface area contributed by atoms with E-state index in [1.54, 1.807) is 48.5 Å². The van der Waals surface area contributed by atoms with Gasteiger partial charge in [-0.25, -0.2) is 0 Å². The van der Waals surface area contributed by atoms with Gasteiger partial charge in [0.05, 0.1) is 11.3 Å². The van der Waals surface area contributed by atoms with E-state index in [1.807, 2.05) is 6.92 Å². The van der Waals surface area contributed by atoms with Crippen molar-refractivity contribution in [2.75, 3.05) is 11.9 Å². The fourth-order valence-corrected chi connectivity index (χ4v) is 2.09. The first-order valence-corrected chi connectivity index (χ1v) is 7.35. The summed E-state index contributed by atoms with van der Waals surface area (Å²) in [5, 5.41) is 3.60. The number of anilines is 1. The molecule has 112 valence electrons. The van der Waals surface area contributed by atoms with Gasteiger partial charge in [0.15, 0.2) is 5.78 Å². The summed E-state index contributed by atoms with van der Waals surface area (Å²) in [6.45, 7) is 2.52. The third kappa shape index (κ3) is 4.06. The normalized spacial score (nSPS) is 10.6. The zero-order chi connectivity index (χ0) is 15.9. The quantitative estimate of drug-likeness (QED) is 0.669. The van der Waals surface area contributed by atoms with Crippen LogP contribution in [-0.4, -0.2) is 12.3 Å². The Bertz CT molecular complexity index is 752. The van der Waals surface area contributed by atoms with Gasteiger partial charge in [0.1, 0.15) is 0 Å². The molecule has 0 heterocycles. The van der Waals surface area contributed by atoms with Crippen LogP contribution in [-0.2, 0) is 0 Å². The maximum Gasteiger partial charge on any atom is 0.212 e. The summed E-state index contributed by atoms with van der Waals surface area (Å²) in [7, 11) is 0. The van der Waals surface area contributed by atoms with Gasteiger partial charge in [-0.05, 0) is 42.8 Å². The van der Waals surface area contributed by atoms with Gasteiger partial charge in [-0.2, -0.15) is 0 Å². The van der Waals surface area contributed by atoms with E-state index in [9.17, 15) is 9.59 Å². The highest BCUT2D eigenvalue weighted by Gasteiger charge is 2.08. The Morgan fingerprint density at radius 3 is 2.50 bits per heavy atom. The average molecular weight is 314 g/mol. The molecule has 2 aromatic rings. The Balaban J connectivity index is 2.30. The standard InChI is InChI=1S/C18H16ClNO2/c1-2-20-16-6-4-3-5-15(18(16)22)17(21)12-9-13-7-10-14(19)11-8-13/h3-12H,2H2,1H3,(H,20,22)/b12-9-. The number of allylic oxidation sites excluding steroid dienone is 1. The lowest BCUT2D eigenvalue weighted by molar-refractivity contribution is 0.104. The molecule has 0 aliphatic carbocycles. The Morgan fingerprint density at radius 1 is 1.14 bits per heavy atom. The summed E-state index contributed by atoms with van der Waals surface area (Å²) >= 11 is 5.81. The van der Waals surface area contributed by atoms with Crippen molar-refractivity contribution >= 4 is 29.1 Å². The zero-order valence-corrected chi connectivity index (χ0v) is 12.9. The molecule has 0 aromatic heterocycles. The highest BCUT2D eigenvalue weighted by molar-refractivity contribution is 6.30. The van der Waals surface area contributed by atoms with Crippen LogP contribution in [0.15, 0.2) is 59.4 Å². The van der Waals surface area contributed by atoms with Crippen LogP contribution >= 0.6 is 11.6 Å². The van der Waals surface area contributed by atoms with Crippen LogP contribution < -0.4 is 10.7 Å². The fourth-order valence-electron chi connectivity index (χ4n) is 1.96. The summed E-state index contributed by atoms with van der Waals surface area (Å²) in [6, 6.07) is 13.7. The van der Waals surface area contributed by atoms with Gasteiger partial charge in [-0.15, -0.1) is 0 Å². The molecule has 0 atom stereocenters. The molecule has 0 spiro atoms. The molecule has 0 aliphatic rings. The Morgan fingerprint density at radius 2 is 1.82 bits per heavy atom. The first kappa shape index (κ1) is 16.0. The molecule has 0 radical (unpaired) electrons. The van der Waals surface area contributed by atoms with Crippen LogP contribution in [0.25, 0.3) is 6.08 Å². The molecule has 0 amide bonds. The predicted molar refractivity (Wildman–Crippen MR) is 91.7 cm³/mol. The van der Waals surface area contributed by atoms with Crippen LogP contribution in [0, 0.1) is 0 Å². The number of rotatable bonds is 5. The molecule has 2 rings (SSSR count). The summed E-state index contributed by atoms with van der Waals surface area (Å²) in [5.74, 6) is -0.324. The van der Waals surface area contributed by atoms with Crippen LogP contribution in [0.5, 0.6) is 0 Å². The Labute approximate surface area is 134 Å². The minimum absolute atomic E-state index is 0.145. The van der Waals surface area contributed by atoms with Gasteiger partial charge < -0.3 is 5.32 Å². The van der Waals surface area contributed by atoms with Gasteiger partial charge >= 0.3 is 0 Å². The van der Waals surface area contributed by atoms with Crippen molar-refractivity contribution in [2.45, 2.75) is 6.92 Å². The smallest absolute Gasteiger partial charge is 0.212 e. The number of benzene rings is 1. The second-order valence-corrected chi connectivity index (χ2v) is 5.09. The van der Waals surface area contributed by atoms with Crippen LogP contribution in [0.2, 0.25) is 5.02 Å². The molecule has 4 heteroatoms. The van der Waals surface area contributed by atoms with Gasteiger partial charge in [0.25, 0.3) is 0 Å². The predicted octanol–water partition coefficient (Wildman–Crippen LogP) is 4.03. The van der Waals surface area contributed by atoms with Crippen molar-refractivity contribution in [3.63, 3.8) is 0 Å². The number of halogens is 1. The SMILES string of the molecule is CCNc1ccccc(C(=O)/C=C\c2ccc(Cl)cc2)c1=O. The minimum Gasteiger partial charge on any atom is -0.382 e. The molecular weight excluding hydrogens is 298 g/mol. The largest absolute Gasteiger partial charge is 0.382 e. The molecule has 0 saturated heterocycles. The molecule has 0 saturated carbocycles. The second kappa shape index (κ2) is 7.57. The van der Waals surface area contributed by atoms with Crippen LogP contribution in [0.4, 0.5) is 5.69 Å². The van der Waals surface area contributed by atoms with Crippen LogP contribution in [0.3, 0.4) is 0 Å². The Hall–Kier alpha value is -2.39. The van der Waals surface area contributed by atoms with E-state index in [2.05, 4.69) is 5.32 Å². The van der Waals surface area contributed by atoms with E-state index in [-0.39, 0.29) is 16.8 Å². The molecule has 0 bridgehead atoms. The van der Waals surface area contributed by atoms with Crippen molar-refractivity contribution < 1.29 is 4.79 Å².